The molecular formula is C23H25N3O4. The predicted octanol–water partition coefficient (Wildman–Crippen LogP) is 2.56. The Morgan fingerprint density at radius 2 is 1.87 bits per heavy atom. The molecule has 1 spiro atoms. The lowest BCUT2D eigenvalue weighted by molar-refractivity contribution is -0.115. The van der Waals surface area contributed by atoms with E-state index >= 15 is 0 Å². The van der Waals surface area contributed by atoms with E-state index in [-0.39, 0.29) is 11.8 Å². The van der Waals surface area contributed by atoms with Crippen molar-refractivity contribution in [2.24, 2.45) is 4.99 Å². The third-order valence-corrected chi connectivity index (χ3v) is 5.70. The molecule has 7 heteroatoms. The van der Waals surface area contributed by atoms with Gasteiger partial charge in [0, 0.05) is 37.6 Å². The lowest BCUT2D eigenvalue weighted by Crippen LogP contribution is -2.52. The predicted molar refractivity (Wildman–Crippen MR) is 113 cm³/mol. The highest BCUT2D eigenvalue weighted by Gasteiger charge is 2.43. The van der Waals surface area contributed by atoms with Gasteiger partial charge < -0.3 is 19.7 Å². The van der Waals surface area contributed by atoms with Gasteiger partial charge in [0.1, 0.15) is 22.9 Å². The van der Waals surface area contributed by atoms with Crippen LogP contribution < -0.4 is 14.8 Å². The molecule has 2 aromatic carbocycles. The number of nitrogens with zero attached hydrogens (tertiary/aromatic N) is 2. The van der Waals surface area contributed by atoms with Crippen LogP contribution in [0, 0.1) is 6.92 Å². The van der Waals surface area contributed by atoms with Crippen LogP contribution in [0.5, 0.6) is 11.5 Å². The van der Waals surface area contributed by atoms with E-state index in [9.17, 15) is 9.59 Å². The molecule has 0 atom stereocenters. The minimum absolute atomic E-state index is 0.100. The molecule has 0 aromatic heterocycles. The number of likely N-dealkylation sites (tertiary alicyclic amines) is 1. The van der Waals surface area contributed by atoms with Crippen molar-refractivity contribution in [3.63, 3.8) is 0 Å². The second kappa shape index (κ2) is 7.82. The summed E-state index contributed by atoms with van der Waals surface area (Å²) in [5.41, 5.74) is 2.23. The van der Waals surface area contributed by atoms with Gasteiger partial charge in [-0.05, 0) is 25.1 Å². The first-order valence-electron chi connectivity index (χ1n) is 9.95. The summed E-state index contributed by atoms with van der Waals surface area (Å²) >= 11 is 0. The van der Waals surface area contributed by atoms with Gasteiger partial charge in [0.15, 0.2) is 0 Å². The number of amides is 2. The van der Waals surface area contributed by atoms with E-state index in [1.165, 1.54) is 7.11 Å². The highest BCUT2D eigenvalue weighted by atomic mass is 16.5. The van der Waals surface area contributed by atoms with Gasteiger partial charge in [0.25, 0.3) is 11.8 Å². The molecule has 7 nitrogen and oxygen atoms in total. The van der Waals surface area contributed by atoms with Crippen LogP contribution in [0.25, 0.3) is 0 Å². The quantitative estimate of drug-likeness (QED) is 0.845. The molecule has 4 rings (SSSR count). The van der Waals surface area contributed by atoms with Crippen LogP contribution >= 0.6 is 0 Å². The first-order chi connectivity index (χ1) is 14.4. The van der Waals surface area contributed by atoms with Gasteiger partial charge in [0.2, 0.25) is 0 Å². The Balaban J connectivity index is 1.50. The molecule has 1 fully saturated rings. The normalized spacial score (nSPS) is 17.5. The summed E-state index contributed by atoms with van der Waals surface area (Å²) in [4.78, 5) is 32.2. The van der Waals surface area contributed by atoms with Crippen LogP contribution in [0.1, 0.15) is 34.3 Å². The van der Waals surface area contributed by atoms with Crippen LogP contribution in [-0.2, 0) is 4.79 Å². The smallest absolute Gasteiger partial charge is 0.272 e. The summed E-state index contributed by atoms with van der Waals surface area (Å²) in [6.45, 7) is 2.99. The van der Waals surface area contributed by atoms with E-state index in [0.717, 1.165) is 11.1 Å². The number of hydrogen-bond acceptors (Lipinski definition) is 5. The molecule has 2 heterocycles. The molecule has 2 aliphatic heterocycles. The van der Waals surface area contributed by atoms with Gasteiger partial charge in [-0.3, -0.25) is 14.6 Å². The highest BCUT2D eigenvalue weighted by molar-refractivity contribution is 6.46. The Bertz CT molecular complexity index is 1020. The summed E-state index contributed by atoms with van der Waals surface area (Å²) in [6.07, 6.45) is 1.14. The summed E-state index contributed by atoms with van der Waals surface area (Å²) < 4.78 is 10.6. The van der Waals surface area contributed by atoms with Crippen molar-refractivity contribution in [3.8, 4) is 11.5 Å². The van der Waals surface area contributed by atoms with Crippen molar-refractivity contribution in [1.82, 2.24) is 10.2 Å². The van der Waals surface area contributed by atoms with Crippen molar-refractivity contribution in [2.45, 2.75) is 25.4 Å². The molecule has 1 saturated heterocycles. The van der Waals surface area contributed by atoms with Crippen LogP contribution in [0.4, 0.5) is 0 Å². The minimum atomic E-state index is -0.642. The SMILES string of the molecule is COc1ccc(C(=O)N2CCC3(CC2)N=C(c2cccc(C)c2)C(=O)N3)c(OC)c1. The maximum absolute atomic E-state index is 13.1. The van der Waals surface area contributed by atoms with Crippen molar-refractivity contribution >= 4 is 17.5 Å². The number of aliphatic imine (C=N–C) groups is 1. The molecule has 0 aliphatic carbocycles. The number of nitrogens with one attached hydrogen (secondary N) is 1. The number of ether oxygens (including phenoxy) is 2. The fraction of sp³-hybridized carbons (Fsp3) is 0.348. The third-order valence-electron chi connectivity index (χ3n) is 5.70. The fourth-order valence-electron chi connectivity index (χ4n) is 4.01. The second-order valence-corrected chi connectivity index (χ2v) is 7.67. The Kier molecular flexibility index (Phi) is 5.20. The summed E-state index contributed by atoms with van der Waals surface area (Å²) in [5, 5.41) is 3.05. The first-order valence-corrected chi connectivity index (χ1v) is 9.95. The zero-order chi connectivity index (χ0) is 21.3. The topological polar surface area (TPSA) is 80.2 Å². The number of carbonyl (C=O) groups excluding carboxylic acids is 2. The molecule has 156 valence electrons. The summed E-state index contributed by atoms with van der Waals surface area (Å²) in [5.74, 6) is 0.856. The van der Waals surface area contributed by atoms with E-state index < -0.39 is 5.66 Å². The standard InChI is InChI=1S/C23H25N3O4/c1-15-5-4-6-16(13-15)20-21(27)25-23(24-20)9-11-26(12-10-23)22(28)18-8-7-17(29-2)14-19(18)30-3/h4-8,13-14H,9-12H2,1-3H3,(H,25,27). The van der Waals surface area contributed by atoms with Crippen molar-refractivity contribution < 1.29 is 19.1 Å². The summed E-state index contributed by atoms with van der Waals surface area (Å²) in [6, 6.07) is 12.9. The number of benzene rings is 2. The van der Waals surface area contributed by atoms with Gasteiger partial charge in [-0.25, -0.2) is 0 Å². The van der Waals surface area contributed by atoms with Gasteiger partial charge in [-0.1, -0.05) is 23.8 Å². The van der Waals surface area contributed by atoms with E-state index in [4.69, 9.17) is 14.5 Å². The number of methoxy groups -OCH3 is 2. The monoisotopic (exact) mass is 407 g/mol. The van der Waals surface area contributed by atoms with Gasteiger partial charge in [0.05, 0.1) is 19.8 Å². The third kappa shape index (κ3) is 3.63. The average molecular weight is 407 g/mol. The fourth-order valence-corrected chi connectivity index (χ4v) is 4.01. The maximum Gasteiger partial charge on any atom is 0.272 e. The Morgan fingerprint density at radius 3 is 2.53 bits per heavy atom. The van der Waals surface area contributed by atoms with Crippen molar-refractivity contribution in [1.29, 1.82) is 0 Å². The molecule has 0 radical (unpaired) electrons. The number of piperidine rings is 1. The molecular weight excluding hydrogens is 382 g/mol. The molecule has 1 N–H and O–H groups in total. The molecule has 2 aromatic rings. The zero-order valence-corrected chi connectivity index (χ0v) is 17.4. The maximum atomic E-state index is 13.1. The number of carbonyl (C=O) groups is 2. The van der Waals surface area contributed by atoms with Gasteiger partial charge in [-0.2, -0.15) is 0 Å². The van der Waals surface area contributed by atoms with Crippen molar-refractivity contribution in [3.05, 3.63) is 59.2 Å². The van der Waals surface area contributed by atoms with Gasteiger partial charge >= 0.3 is 0 Å². The summed E-state index contributed by atoms with van der Waals surface area (Å²) in [7, 11) is 3.11. The van der Waals surface area contributed by atoms with Crippen LogP contribution in [0.3, 0.4) is 0 Å². The van der Waals surface area contributed by atoms with E-state index in [0.29, 0.717) is 48.7 Å². The van der Waals surface area contributed by atoms with E-state index in [1.54, 1.807) is 30.2 Å². The Hall–Kier alpha value is -3.35. The molecule has 0 saturated carbocycles. The molecule has 0 unspecified atom stereocenters. The molecule has 0 bridgehead atoms. The molecule has 30 heavy (non-hydrogen) atoms. The number of rotatable bonds is 4. The van der Waals surface area contributed by atoms with E-state index in [1.807, 2.05) is 31.2 Å². The Morgan fingerprint density at radius 1 is 1.10 bits per heavy atom. The lowest BCUT2D eigenvalue weighted by Gasteiger charge is -2.37. The Labute approximate surface area is 175 Å². The molecule has 2 aliphatic rings. The minimum Gasteiger partial charge on any atom is -0.497 e. The van der Waals surface area contributed by atoms with Crippen LogP contribution in [0.15, 0.2) is 47.5 Å². The highest BCUT2D eigenvalue weighted by Crippen LogP contribution is 2.31. The lowest BCUT2D eigenvalue weighted by atomic mass is 9.97. The first kappa shape index (κ1) is 19.9. The largest absolute Gasteiger partial charge is 0.497 e. The average Bonchev–Trinajstić information content (AvgIpc) is 3.09. The number of aryl methyl sites for hydroxylation is 1. The van der Waals surface area contributed by atoms with Crippen LogP contribution in [0.2, 0.25) is 0 Å². The van der Waals surface area contributed by atoms with Gasteiger partial charge in [-0.15, -0.1) is 0 Å². The van der Waals surface area contributed by atoms with Crippen LogP contribution in [-0.4, -0.2) is 55.4 Å². The van der Waals surface area contributed by atoms with Crippen molar-refractivity contribution in [2.75, 3.05) is 27.3 Å². The second-order valence-electron chi connectivity index (χ2n) is 7.67. The van der Waals surface area contributed by atoms with E-state index in [2.05, 4.69) is 5.32 Å². The molecule has 2 amide bonds. The number of hydrogen-bond donors (Lipinski definition) is 1. The zero-order valence-electron chi connectivity index (χ0n) is 17.4.